The van der Waals surface area contributed by atoms with E-state index < -0.39 is 9.84 Å². The third-order valence-corrected chi connectivity index (χ3v) is 4.46. The number of halogens is 1. The molecule has 1 heterocycles. The molecule has 0 unspecified atom stereocenters. The summed E-state index contributed by atoms with van der Waals surface area (Å²) < 4.78 is 25.1. The largest absolute Gasteiger partial charge is 0.272 e. The number of nitrogens with zero attached hydrogens (tertiary/aromatic N) is 2. The van der Waals surface area contributed by atoms with Crippen LogP contribution in [0.2, 0.25) is 0 Å². The van der Waals surface area contributed by atoms with Gasteiger partial charge in [0.05, 0.1) is 11.9 Å². The monoisotopic (exact) mass is 390 g/mol. The molecule has 1 aromatic heterocycles. The molecule has 0 N–H and O–H groups in total. The zero-order valence-corrected chi connectivity index (χ0v) is 13.6. The van der Waals surface area contributed by atoms with E-state index >= 15 is 0 Å². The fourth-order valence-electron chi connectivity index (χ4n) is 1.77. The average molecular weight is 390 g/mol. The van der Waals surface area contributed by atoms with Crippen molar-refractivity contribution in [1.82, 2.24) is 9.78 Å². The van der Waals surface area contributed by atoms with E-state index in [0.717, 1.165) is 11.1 Å². The van der Waals surface area contributed by atoms with E-state index in [2.05, 4.69) is 52.0 Å². The second-order valence-electron chi connectivity index (χ2n) is 4.48. The van der Waals surface area contributed by atoms with Crippen molar-refractivity contribution in [3.05, 3.63) is 40.2 Å². The third-order valence-electron chi connectivity index (χ3n) is 2.71. The lowest BCUT2D eigenvalue weighted by Gasteiger charge is -2.00. The molecule has 0 saturated carbocycles. The molecule has 0 fully saturated rings. The zero-order chi connectivity index (χ0) is 13.9. The second kappa shape index (κ2) is 6.04. The Morgan fingerprint density at radius 3 is 2.53 bits per heavy atom. The fraction of sp³-hybridized carbons (Fsp3) is 0.308. The van der Waals surface area contributed by atoms with Crippen molar-refractivity contribution < 1.29 is 8.42 Å². The molecule has 0 atom stereocenters. The Labute approximate surface area is 126 Å². The Bertz CT molecular complexity index is 648. The first-order valence-electron chi connectivity index (χ1n) is 5.90. The minimum absolute atomic E-state index is 0.200. The van der Waals surface area contributed by atoms with Gasteiger partial charge in [-0.2, -0.15) is 5.10 Å². The van der Waals surface area contributed by atoms with Gasteiger partial charge in [0, 0.05) is 28.1 Å². The Kier molecular flexibility index (Phi) is 4.62. The summed E-state index contributed by atoms with van der Waals surface area (Å²) in [6.07, 6.45) is 5.60. The molecule has 102 valence electrons. The number of benzene rings is 1. The van der Waals surface area contributed by atoms with Crippen LogP contribution in [-0.2, 0) is 16.4 Å². The van der Waals surface area contributed by atoms with Crippen molar-refractivity contribution in [3.8, 4) is 11.1 Å². The number of aromatic nitrogens is 2. The number of rotatable bonds is 5. The quantitative estimate of drug-likeness (QED) is 0.738. The molecule has 0 aliphatic carbocycles. The Morgan fingerprint density at radius 1 is 1.21 bits per heavy atom. The molecule has 0 bridgehead atoms. The average Bonchev–Trinajstić information content (AvgIpc) is 2.77. The van der Waals surface area contributed by atoms with Crippen molar-refractivity contribution in [2.24, 2.45) is 0 Å². The minimum Gasteiger partial charge on any atom is -0.272 e. The van der Waals surface area contributed by atoms with Gasteiger partial charge in [-0.25, -0.2) is 8.42 Å². The van der Waals surface area contributed by atoms with Crippen molar-refractivity contribution in [2.45, 2.75) is 13.0 Å². The standard InChI is InChI=1S/C13H15IN2O2S/c1-19(17,18)8-2-7-16-10-12(9-15-16)11-3-5-13(14)6-4-11/h3-6,9-10H,2,7-8H2,1H3. The van der Waals surface area contributed by atoms with Crippen LogP contribution in [0.25, 0.3) is 11.1 Å². The van der Waals surface area contributed by atoms with Gasteiger partial charge < -0.3 is 0 Å². The molecule has 0 aliphatic heterocycles. The fourth-order valence-corrected chi connectivity index (χ4v) is 2.78. The summed E-state index contributed by atoms with van der Waals surface area (Å²) in [7, 11) is -2.89. The molecule has 4 nitrogen and oxygen atoms in total. The van der Waals surface area contributed by atoms with Crippen molar-refractivity contribution >= 4 is 32.4 Å². The highest BCUT2D eigenvalue weighted by atomic mass is 127. The van der Waals surface area contributed by atoms with Gasteiger partial charge in [0.15, 0.2) is 0 Å². The second-order valence-corrected chi connectivity index (χ2v) is 7.99. The number of aryl methyl sites for hydroxylation is 1. The van der Waals surface area contributed by atoms with Crippen LogP contribution in [0.15, 0.2) is 36.7 Å². The highest BCUT2D eigenvalue weighted by Gasteiger charge is 2.04. The van der Waals surface area contributed by atoms with E-state index in [0.29, 0.717) is 13.0 Å². The van der Waals surface area contributed by atoms with E-state index in [1.54, 1.807) is 4.68 Å². The topological polar surface area (TPSA) is 52.0 Å². The summed E-state index contributed by atoms with van der Waals surface area (Å²) in [4.78, 5) is 0. The maximum Gasteiger partial charge on any atom is 0.147 e. The predicted octanol–water partition coefficient (Wildman–Crippen LogP) is 2.59. The highest BCUT2D eigenvalue weighted by molar-refractivity contribution is 14.1. The van der Waals surface area contributed by atoms with Crippen molar-refractivity contribution in [2.75, 3.05) is 12.0 Å². The normalized spacial score (nSPS) is 11.7. The van der Waals surface area contributed by atoms with Crippen molar-refractivity contribution in [3.63, 3.8) is 0 Å². The number of sulfone groups is 1. The zero-order valence-electron chi connectivity index (χ0n) is 10.6. The molecule has 2 aromatic rings. The lowest BCUT2D eigenvalue weighted by Crippen LogP contribution is -2.07. The molecular formula is C13H15IN2O2S. The van der Waals surface area contributed by atoms with Crippen LogP contribution in [0, 0.1) is 3.57 Å². The first kappa shape index (κ1) is 14.5. The van der Waals surface area contributed by atoms with Gasteiger partial charge in [-0.05, 0) is 46.7 Å². The minimum atomic E-state index is -2.89. The smallest absolute Gasteiger partial charge is 0.147 e. The first-order chi connectivity index (χ1) is 8.94. The Balaban J connectivity index is 2.01. The lowest BCUT2D eigenvalue weighted by molar-refractivity contribution is 0.576. The molecule has 1 aromatic carbocycles. The summed E-state index contributed by atoms with van der Waals surface area (Å²) in [6, 6.07) is 8.22. The molecule has 19 heavy (non-hydrogen) atoms. The van der Waals surface area contributed by atoms with Crippen LogP contribution in [0.5, 0.6) is 0 Å². The molecular weight excluding hydrogens is 375 g/mol. The van der Waals surface area contributed by atoms with Gasteiger partial charge in [-0.3, -0.25) is 4.68 Å². The molecule has 6 heteroatoms. The Morgan fingerprint density at radius 2 is 1.89 bits per heavy atom. The van der Waals surface area contributed by atoms with Crippen LogP contribution in [-0.4, -0.2) is 30.2 Å². The molecule has 0 radical (unpaired) electrons. The molecule has 0 aliphatic rings. The number of hydrogen-bond donors (Lipinski definition) is 0. The third kappa shape index (κ3) is 4.61. The van der Waals surface area contributed by atoms with Gasteiger partial charge in [0.2, 0.25) is 0 Å². The molecule has 0 amide bonds. The summed E-state index contributed by atoms with van der Waals surface area (Å²) >= 11 is 2.27. The van der Waals surface area contributed by atoms with Gasteiger partial charge in [-0.15, -0.1) is 0 Å². The van der Waals surface area contributed by atoms with E-state index in [4.69, 9.17) is 0 Å². The molecule has 2 rings (SSSR count). The maximum absolute atomic E-state index is 11.0. The van der Waals surface area contributed by atoms with Gasteiger partial charge >= 0.3 is 0 Å². The van der Waals surface area contributed by atoms with Gasteiger partial charge in [-0.1, -0.05) is 12.1 Å². The maximum atomic E-state index is 11.0. The van der Waals surface area contributed by atoms with Crippen LogP contribution in [0.4, 0.5) is 0 Å². The van der Waals surface area contributed by atoms with E-state index in [9.17, 15) is 8.42 Å². The van der Waals surface area contributed by atoms with Crippen molar-refractivity contribution in [1.29, 1.82) is 0 Å². The summed E-state index contributed by atoms with van der Waals surface area (Å²) in [5.41, 5.74) is 2.17. The van der Waals surface area contributed by atoms with E-state index in [1.807, 2.05) is 12.4 Å². The molecule has 0 spiro atoms. The van der Waals surface area contributed by atoms with E-state index in [1.165, 1.54) is 9.83 Å². The molecule has 0 saturated heterocycles. The van der Waals surface area contributed by atoms with Crippen LogP contribution in [0.3, 0.4) is 0 Å². The summed E-state index contributed by atoms with van der Waals surface area (Å²) in [5, 5.41) is 4.25. The number of hydrogen-bond acceptors (Lipinski definition) is 3. The van der Waals surface area contributed by atoms with Crippen LogP contribution < -0.4 is 0 Å². The first-order valence-corrected chi connectivity index (χ1v) is 9.04. The SMILES string of the molecule is CS(=O)(=O)CCCn1cc(-c2ccc(I)cc2)cn1. The van der Waals surface area contributed by atoms with Gasteiger partial charge in [0.25, 0.3) is 0 Å². The summed E-state index contributed by atoms with van der Waals surface area (Å²) in [6.45, 7) is 0.622. The lowest BCUT2D eigenvalue weighted by atomic mass is 10.1. The Hall–Kier alpha value is -0.890. The van der Waals surface area contributed by atoms with Crippen LogP contribution >= 0.6 is 22.6 Å². The highest BCUT2D eigenvalue weighted by Crippen LogP contribution is 2.19. The predicted molar refractivity (Wildman–Crippen MR) is 84.7 cm³/mol. The van der Waals surface area contributed by atoms with Crippen LogP contribution in [0.1, 0.15) is 6.42 Å². The summed E-state index contributed by atoms with van der Waals surface area (Å²) in [5.74, 6) is 0.200. The van der Waals surface area contributed by atoms with Gasteiger partial charge in [0.1, 0.15) is 9.84 Å². The van der Waals surface area contributed by atoms with E-state index in [-0.39, 0.29) is 5.75 Å².